The highest BCUT2D eigenvalue weighted by atomic mass is 32.2. The summed E-state index contributed by atoms with van der Waals surface area (Å²) in [6.07, 6.45) is 2.74. The molecule has 1 aliphatic rings. The number of aromatic nitrogens is 2. The van der Waals surface area contributed by atoms with Gasteiger partial charge >= 0.3 is 6.09 Å². The Hall–Kier alpha value is -1.48. The SMILES string of the molecule is Cn1cc(N(C[C@@H]2CC(F)[N+]2(C)C)SNC(=O)OC(C)(C)C)cn1. The third-order valence-electron chi connectivity index (χ3n) is 4.12. The number of alkyl halides is 1. The molecule has 0 bridgehead atoms. The maximum Gasteiger partial charge on any atom is 0.419 e. The van der Waals surface area contributed by atoms with Gasteiger partial charge < -0.3 is 4.74 Å². The maximum absolute atomic E-state index is 13.7. The van der Waals surface area contributed by atoms with E-state index in [1.54, 1.807) is 10.9 Å². The molecule has 9 heteroatoms. The number of amides is 1. The first-order valence-electron chi connectivity index (χ1n) is 7.88. The molecule has 1 saturated heterocycles. The lowest BCUT2D eigenvalue weighted by Crippen LogP contribution is -2.67. The summed E-state index contributed by atoms with van der Waals surface area (Å²) in [6.45, 7) is 6.03. The van der Waals surface area contributed by atoms with E-state index in [4.69, 9.17) is 4.74 Å². The lowest BCUT2D eigenvalue weighted by atomic mass is 9.99. The van der Waals surface area contributed by atoms with Crippen LogP contribution in [0.25, 0.3) is 0 Å². The topological polar surface area (TPSA) is 59.4 Å². The Labute approximate surface area is 147 Å². The van der Waals surface area contributed by atoms with E-state index in [1.165, 1.54) is 0 Å². The number of hydrogen-bond acceptors (Lipinski definition) is 5. The third-order valence-corrected chi connectivity index (χ3v) is 4.96. The minimum absolute atomic E-state index is 0.146. The van der Waals surface area contributed by atoms with Gasteiger partial charge in [-0.25, -0.2) is 9.52 Å². The van der Waals surface area contributed by atoms with Crippen molar-refractivity contribution in [3.05, 3.63) is 12.4 Å². The number of nitrogens with zero attached hydrogens (tertiary/aromatic N) is 4. The predicted octanol–water partition coefficient (Wildman–Crippen LogP) is 2.46. The van der Waals surface area contributed by atoms with Crippen molar-refractivity contribution < 1.29 is 18.4 Å². The average Bonchev–Trinajstić information content (AvgIpc) is 2.86. The lowest BCUT2D eigenvalue weighted by Gasteiger charge is -2.50. The number of ether oxygens (including phenoxy) is 1. The molecule has 24 heavy (non-hydrogen) atoms. The number of anilines is 1. The van der Waals surface area contributed by atoms with Gasteiger partial charge in [0, 0.05) is 13.2 Å². The molecule has 1 fully saturated rings. The minimum atomic E-state index is -0.838. The molecule has 0 aromatic carbocycles. The van der Waals surface area contributed by atoms with Crippen LogP contribution in [0.15, 0.2) is 12.4 Å². The van der Waals surface area contributed by atoms with Crippen LogP contribution in [0.5, 0.6) is 0 Å². The monoisotopic (exact) mass is 360 g/mol. The summed E-state index contributed by atoms with van der Waals surface area (Å²) in [5, 5.41) is 4.17. The minimum Gasteiger partial charge on any atom is -0.443 e. The molecule has 0 aliphatic carbocycles. The zero-order valence-electron chi connectivity index (χ0n) is 15.1. The Morgan fingerprint density at radius 2 is 2.25 bits per heavy atom. The van der Waals surface area contributed by atoms with Crippen LogP contribution in [0.1, 0.15) is 27.2 Å². The van der Waals surface area contributed by atoms with E-state index in [9.17, 15) is 9.18 Å². The van der Waals surface area contributed by atoms with E-state index in [1.807, 2.05) is 52.4 Å². The Bertz CT molecular complexity index is 587. The highest BCUT2D eigenvalue weighted by Gasteiger charge is 2.50. The number of carbonyl (C=O) groups excluding carboxylic acids is 1. The summed E-state index contributed by atoms with van der Waals surface area (Å²) in [5.74, 6) is 0. The second-order valence-electron chi connectivity index (χ2n) is 7.58. The Morgan fingerprint density at radius 3 is 2.71 bits per heavy atom. The molecule has 1 unspecified atom stereocenters. The smallest absolute Gasteiger partial charge is 0.419 e. The molecule has 1 aromatic rings. The molecule has 0 spiro atoms. The van der Waals surface area contributed by atoms with Crippen LogP contribution < -0.4 is 9.03 Å². The Kier molecular flexibility index (Phi) is 5.34. The zero-order chi connectivity index (χ0) is 18.1. The molecule has 1 aliphatic heterocycles. The van der Waals surface area contributed by atoms with E-state index in [0.29, 0.717) is 17.4 Å². The number of rotatable bonds is 5. The normalized spacial score (nSPS) is 22.6. The molecule has 0 saturated carbocycles. The van der Waals surface area contributed by atoms with Crippen molar-refractivity contribution in [3.8, 4) is 0 Å². The van der Waals surface area contributed by atoms with Crippen molar-refractivity contribution in [1.82, 2.24) is 14.5 Å². The van der Waals surface area contributed by atoms with Crippen molar-refractivity contribution in [3.63, 3.8) is 0 Å². The van der Waals surface area contributed by atoms with Gasteiger partial charge in [0.25, 0.3) is 0 Å². The number of halogens is 1. The molecule has 2 atom stereocenters. The van der Waals surface area contributed by atoms with E-state index in [2.05, 4.69) is 9.82 Å². The standard InChI is InChI=1S/C15H26FN5O2S/c1-15(2,3)23-14(22)18-24-20(11-8-17-19(4)9-11)10-12-7-13(16)21(12,5)6/h8-9,12-13H,7,10H2,1-6H3/p+1/t12-,13?/m0/s1. The van der Waals surface area contributed by atoms with Crippen molar-refractivity contribution in [2.75, 3.05) is 24.9 Å². The van der Waals surface area contributed by atoms with Crippen molar-refractivity contribution in [2.24, 2.45) is 7.05 Å². The predicted molar refractivity (Wildman–Crippen MR) is 92.9 cm³/mol. The number of hydrogen-bond donors (Lipinski definition) is 1. The zero-order valence-corrected chi connectivity index (χ0v) is 15.9. The summed E-state index contributed by atoms with van der Waals surface area (Å²) >= 11 is 1.14. The van der Waals surface area contributed by atoms with E-state index >= 15 is 0 Å². The largest absolute Gasteiger partial charge is 0.443 e. The third kappa shape index (κ3) is 4.54. The summed E-state index contributed by atoms with van der Waals surface area (Å²) in [7, 11) is 5.59. The van der Waals surface area contributed by atoms with E-state index in [-0.39, 0.29) is 6.04 Å². The quantitative estimate of drug-likeness (QED) is 0.497. The number of quaternary nitrogens is 1. The number of carbonyl (C=O) groups is 1. The Balaban J connectivity index is 2.00. The van der Waals surface area contributed by atoms with Crippen molar-refractivity contribution in [1.29, 1.82) is 0 Å². The Morgan fingerprint density at radius 1 is 1.58 bits per heavy atom. The van der Waals surface area contributed by atoms with Gasteiger partial charge in [-0.1, -0.05) is 0 Å². The van der Waals surface area contributed by atoms with Crippen LogP contribution in [0.3, 0.4) is 0 Å². The highest BCUT2D eigenvalue weighted by molar-refractivity contribution is 7.99. The molecule has 1 amide bonds. The van der Waals surface area contributed by atoms with Crippen LogP contribution in [0, 0.1) is 0 Å². The molecule has 2 heterocycles. The van der Waals surface area contributed by atoms with E-state index < -0.39 is 18.0 Å². The van der Waals surface area contributed by atoms with Crippen LogP contribution >= 0.6 is 12.1 Å². The molecule has 2 rings (SSSR count). The van der Waals surface area contributed by atoms with Crippen LogP contribution in [-0.2, 0) is 11.8 Å². The number of likely N-dealkylation sites (tertiary alicyclic amines) is 1. The van der Waals surface area contributed by atoms with Crippen LogP contribution in [0.4, 0.5) is 14.9 Å². The molecule has 0 radical (unpaired) electrons. The maximum atomic E-state index is 13.7. The number of aryl methyl sites for hydroxylation is 1. The molecular formula is C15H27FN5O2S+. The number of nitrogens with one attached hydrogen (secondary N) is 1. The summed E-state index contributed by atoms with van der Waals surface area (Å²) in [6, 6.07) is 0.146. The molecule has 1 aromatic heterocycles. The lowest BCUT2D eigenvalue weighted by molar-refractivity contribution is -0.994. The fourth-order valence-corrected chi connectivity index (χ4v) is 3.13. The van der Waals surface area contributed by atoms with Crippen molar-refractivity contribution >= 4 is 23.9 Å². The molecule has 7 nitrogen and oxygen atoms in total. The van der Waals surface area contributed by atoms with Gasteiger partial charge in [-0.3, -0.25) is 13.5 Å². The van der Waals surface area contributed by atoms with Gasteiger partial charge in [0.15, 0.2) is 0 Å². The summed E-state index contributed by atoms with van der Waals surface area (Å²) in [4.78, 5) is 11.9. The van der Waals surface area contributed by atoms with Crippen LogP contribution in [-0.4, -0.2) is 58.9 Å². The summed E-state index contributed by atoms with van der Waals surface area (Å²) < 4.78 is 25.6. The second kappa shape index (κ2) is 6.79. The van der Waals surface area contributed by atoms with Crippen molar-refractivity contribution in [2.45, 2.75) is 45.1 Å². The number of likely N-dealkylation sites (N-methyl/N-ethyl adjacent to an activating group) is 1. The highest BCUT2D eigenvalue weighted by Crippen LogP contribution is 2.35. The average molecular weight is 360 g/mol. The molecular weight excluding hydrogens is 333 g/mol. The first-order valence-corrected chi connectivity index (χ1v) is 8.66. The molecule has 1 N–H and O–H groups in total. The van der Waals surface area contributed by atoms with Gasteiger partial charge in [0.1, 0.15) is 11.6 Å². The molecule has 136 valence electrons. The van der Waals surface area contributed by atoms with Gasteiger partial charge in [0.2, 0.25) is 6.30 Å². The van der Waals surface area contributed by atoms with E-state index in [0.717, 1.165) is 17.8 Å². The van der Waals surface area contributed by atoms with Gasteiger partial charge in [-0.15, -0.1) is 0 Å². The van der Waals surface area contributed by atoms with Crippen LogP contribution in [0.2, 0.25) is 0 Å². The van der Waals surface area contributed by atoms with Gasteiger partial charge in [-0.2, -0.15) is 9.49 Å². The second-order valence-corrected chi connectivity index (χ2v) is 8.41. The summed E-state index contributed by atoms with van der Waals surface area (Å²) in [5.41, 5.74) is 0.291. The first-order chi connectivity index (χ1) is 11.0. The first kappa shape index (κ1) is 18.9. The van der Waals surface area contributed by atoms with Gasteiger partial charge in [-0.05, 0) is 20.8 Å². The fourth-order valence-electron chi connectivity index (χ4n) is 2.46. The van der Waals surface area contributed by atoms with Gasteiger partial charge in [0.05, 0.1) is 51.1 Å². The fraction of sp³-hybridized carbons (Fsp3) is 0.733.